The van der Waals surface area contributed by atoms with E-state index in [-0.39, 0.29) is 6.04 Å². The lowest BCUT2D eigenvalue weighted by atomic mass is 10.0. The van der Waals surface area contributed by atoms with Crippen molar-refractivity contribution in [3.8, 4) is 0 Å². The van der Waals surface area contributed by atoms with E-state index in [1.807, 2.05) is 13.8 Å². The summed E-state index contributed by atoms with van der Waals surface area (Å²) in [5, 5.41) is 9.92. The van der Waals surface area contributed by atoms with E-state index in [0.29, 0.717) is 12.8 Å². The lowest BCUT2D eigenvalue weighted by Gasteiger charge is -2.37. The molecule has 0 radical (unpaired) electrons. The third-order valence-electron chi connectivity index (χ3n) is 2.90. The molecular formula is C12H24F3NO. The second kappa shape index (κ2) is 7.21. The molecule has 104 valence electrons. The molecule has 0 aromatic heterocycles. The van der Waals surface area contributed by atoms with Crippen LogP contribution in [0.1, 0.15) is 47.0 Å². The first-order chi connectivity index (χ1) is 7.72. The van der Waals surface area contributed by atoms with Gasteiger partial charge in [0.1, 0.15) is 0 Å². The number of aliphatic hydroxyl groups is 1. The van der Waals surface area contributed by atoms with E-state index in [1.54, 1.807) is 13.8 Å². The van der Waals surface area contributed by atoms with Crippen molar-refractivity contribution >= 4 is 0 Å². The van der Waals surface area contributed by atoms with Crippen LogP contribution in [0.5, 0.6) is 0 Å². The molecule has 0 saturated heterocycles. The molecule has 0 aromatic rings. The quantitative estimate of drug-likeness (QED) is 0.755. The molecule has 0 fully saturated rings. The smallest absolute Gasteiger partial charge is 0.391 e. The van der Waals surface area contributed by atoms with Crippen LogP contribution in [0.25, 0.3) is 0 Å². The minimum Gasteiger partial charge on any atom is -0.391 e. The van der Waals surface area contributed by atoms with Crippen LogP contribution in [-0.4, -0.2) is 40.9 Å². The van der Waals surface area contributed by atoms with Gasteiger partial charge in [-0.25, -0.2) is 0 Å². The van der Waals surface area contributed by atoms with Crippen LogP contribution in [0.3, 0.4) is 0 Å². The van der Waals surface area contributed by atoms with E-state index in [2.05, 4.69) is 0 Å². The van der Waals surface area contributed by atoms with Gasteiger partial charge in [-0.15, -0.1) is 0 Å². The first-order valence-corrected chi connectivity index (χ1v) is 6.23. The highest BCUT2D eigenvalue weighted by Crippen LogP contribution is 2.23. The summed E-state index contributed by atoms with van der Waals surface area (Å²) in [5.41, 5.74) is 0. The molecule has 2 atom stereocenters. The first kappa shape index (κ1) is 16.7. The molecular weight excluding hydrogens is 231 g/mol. The Morgan fingerprint density at radius 2 is 1.71 bits per heavy atom. The normalized spacial score (nSPS) is 16.6. The second-order valence-corrected chi connectivity index (χ2v) is 4.71. The van der Waals surface area contributed by atoms with Crippen molar-refractivity contribution in [3.63, 3.8) is 0 Å². The molecule has 0 aliphatic heterocycles. The van der Waals surface area contributed by atoms with Gasteiger partial charge in [0.05, 0.1) is 12.6 Å². The Morgan fingerprint density at radius 3 is 2.00 bits per heavy atom. The molecule has 1 N–H and O–H groups in total. The fourth-order valence-electron chi connectivity index (χ4n) is 2.11. The SMILES string of the molecule is CCCC(O)C(CC)N(CC(F)(F)F)C(C)C. The molecule has 0 saturated carbocycles. The van der Waals surface area contributed by atoms with Gasteiger partial charge in [0.15, 0.2) is 0 Å². The van der Waals surface area contributed by atoms with Gasteiger partial charge in [0.25, 0.3) is 0 Å². The van der Waals surface area contributed by atoms with Gasteiger partial charge < -0.3 is 5.11 Å². The maximum Gasteiger partial charge on any atom is 0.401 e. The van der Waals surface area contributed by atoms with E-state index in [4.69, 9.17) is 0 Å². The Kier molecular flexibility index (Phi) is 7.09. The molecule has 0 spiro atoms. The van der Waals surface area contributed by atoms with E-state index < -0.39 is 24.9 Å². The molecule has 2 nitrogen and oxygen atoms in total. The predicted molar refractivity (Wildman–Crippen MR) is 62.9 cm³/mol. The number of aliphatic hydroxyl groups excluding tert-OH is 1. The van der Waals surface area contributed by atoms with E-state index in [0.717, 1.165) is 6.42 Å². The van der Waals surface area contributed by atoms with Gasteiger partial charge in [0, 0.05) is 12.1 Å². The lowest BCUT2D eigenvalue weighted by Crippen LogP contribution is -2.50. The zero-order valence-electron chi connectivity index (χ0n) is 11.1. The number of halogens is 3. The Hall–Kier alpha value is -0.290. The van der Waals surface area contributed by atoms with Gasteiger partial charge in [-0.2, -0.15) is 13.2 Å². The fourth-order valence-corrected chi connectivity index (χ4v) is 2.11. The van der Waals surface area contributed by atoms with Gasteiger partial charge in [0.2, 0.25) is 0 Å². The number of hydrogen-bond donors (Lipinski definition) is 1. The van der Waals surface area contributed by atoms with Crippen LogP contribution in [0.15, 0.2) is 0 Å². The third-order valence-corrected chi connectivity index (χ3v) is 2.90. The van der Waals surface area contributed by atoms with Crippen molar-refractivity contribution in [1.82, 2.24) is 4.90 Å². The van der Waals surface area contributed by atoms with Crippen LogP contribution < -0.4 is 0 Å². The highest BCUT2D eigenvalue weighted by atomic mass is 19.4. The van der Waals surface area contributed by atoms with Crippen molar-refractivity contribution < 1.29 is 18.3 Å². The fraction of sp³-hybridized carbons (Fsp3) is 1.00. The third kappa shape index (κ3) is 6.27. The summed E-state index contributed by atoms with van der Waals surface area (Å²) in [6.45, 7) is 6.23. The molecule has 0 aliphatic carbocycles. The summed E-state index contributed by atoms with van der Waals surface area (Å²) in [4.78, 5) is 1.35. The van der Waals surface area contributed by atoms with Gasteiger partial charge in [-0.1, -0.05) is 20.3 Å². The molecule has 0 aromatic carbocycles. The molecule has 0 bridgehead atoms. The number of alkyl halides is 3. The van der Waals surface area contributed by atoms with Crippen molar-refractivity contribution in [1.29, 1.82) is 0 Å². The Balaban J connectivity index is 4.75. The predicted octanol–water partition coefficient (Wildman–Crippen LogP) is 3.20. The van der Waals surface area contributed by atoms with E-state index in [9.17, 15) is 18.3 Å². The van der Waals surface area contributed by atoms with E-state index in [1.165, 1.54) is 4.90 Å². The summed E-state index contributed by atoms with van der Waals surface area (Å²) in [6.07, 6.45) is -3.07. The number of hydrogen-bond acceptors (Lipinski definition) is 2. The molecule has 5 heteroatoms. The van der Waals surface area contributed by atoms with Crippen LogP contribution >= 0.6 is 0 Å². The average molecular weight is 255 g/mol. The minimum absolute atomic E-state index is 0.229. The highest BCUT2D eigenvalue weighted by Gasteiger charge is 2.36. The summed E-state index contributed by atoms with van der Waals surface area (Å²) < 4.78 is 37.5. The molecule has 0 heterocycles. The van der Waals surface area contributed by atoms with Crippen LogP contribution in [0, 0.1) is 0 Å². The van der Waals surface area contributed by atoms with Crippen molar-refractivity contribution in [2.24, 2.45) is 0 Å². The summed E-state index contributed by atoms with van der Waals surface area (Å²) >= 11 is 0. The topological polar surface area (TPSA) is 23.5 Å². The molecule has 0 amide bonds. The zero-order valence-corrected chi connectivity index (χ0v) is 11.1. The van der Waals surface area contributed by atoms with Crippen molar-refractivity contribution in [2.45, 2.75) is 71.3 Å². The summed E-state index contributed by atoms with van der Waals surface area (Å²) in [5.74, 6) is 0. The Bertz CT molecular complexity index is 206. The van der Waals surface area contributed by atoms with Gasteiger partial charge >= 0.3 is 6.18 Å². The number of rotatable bonds is 7. The lowest BCUT2D eigenvalue weighted by molar-refractivity contribution is -0.161. The zero-order chi connectivity index (χ0) is 13.6. The Morgan fingerprint density at radius 1 is 1.18 bits per heavy atom. The van der Waals surface area contributed by atoms with Crippen LogP contribution in [0.4, 0.5) is 13.2 Å². The van der Waals surface area contributed by atoms with Crippen molar-refractivity contribution in [3.05, 3.63) is 0 Å². The monoisotopic (exact) mass is 255 g/mol. The second-order valence-electron chi connectivity index (χ2n) is 4.71. The van der Waals surface area contributed by atoms with Gasteiger partial charge in [-0.3, -0.25) is 4.90 Å². The summed E-state index contributed by atoms with van der Waals surface area (Å²) in [6, 6.07) is -0.648. The standard InChI is InChI=1S/C12H24F3NO/c1-5-7-11(17)10(6-2)16(9(3)4)8-12(13,14)15/h9-11,17H,5-8H2,1-4H3. The molecule has 2 unspecified atom stereocenters. The van der Waals surface area contributed by atoms with Crippen molar-refractivity contribution in [2.75, 3.05) is 6.54 Å². The molecule has 0 rings (SSSR count). The van der Waals surface area contributed by atoms with E-state index >= 15 is 0 Å². The largest absolute Gasteiger partial charge is 0.401 e. The highest BCUT2D eigenvalue weighted by molar-refractivity contribution is 4.81. The average Bonchev–Trinajstić information content (AvgIpc) is 2.15. The minimum atomic E-state index is -4.22. The summed E-state index contributed by atoms with van der Waals surface area (Å²) in [7, 11) is 0. The molecule has 17 heavy (non-hydrogen) atoms. The van der Waals surface area contributed by atoms with Gasteiger partial charge in [-0.05, 0) is 26.7 Å². The first-order valence-electron chi connectivity index (χ1n) is 6.23. The number of nitrogens with zero attached hydrogens (tertiary/aromatic N) is 1. The van der Waals surface area contributed by atoms with Crippen LogP contribution in [-0.2, 0) is 0 Å². The maximum absolute atomic E-state index is 12.5. The Labute approximate surface area is 102 Å². The molecule has 0 aliphatic rings. The van der Waals surface area contributed by atoms with Crippen LogP contribution in [0.2, 0.25) is 0 Å². The maximum atomic E-state index is 12.5.